The number of β-amino-alcohol motifs (C(OH)–C–C–N with tert-alkyl or cyclic N) is 1. The van der Waals surface area contributed by atoms with E-state index >= 15 is 0 Å². The van der Waals surface area contributed by atoms with Crippen LogP contribution in [-0.4, -0.2) is 46.7 Å². The lowest BCUT2D eigenvalue weighted by atomic mass is 9.84. The van der Waals surface area contributed by atoms with E-state index in [1.165, 1.54) is 0 Å². The first-order valence-electron chi connectivity index (χ1n) is 5.96. The van der Waals surface area contributed by atoms with Crippen molar-refractivity contribution < 1.29 is 15.3 Å². The third-order valence-electron chi connectivity index (χ3n) is 3.45. The van der Waals surface area contributed by atoms with E-state index in [-0.39, 0.29) is 18.6 Å². The third-order valence-corrected chi connectivity index (χ3v) is 3.45. The van der Waals surface area contributed by atoms with Crippen molar-refractivity contribution in [2.24, 2.45) is 5.92 Å². The molecule has 0 radical (unpaired) electrons. The Morgan fingerprint density at radius 2 is 1.88 bits per heavy atom. The van der Waals surface area contributed by atoms with Gasteiger partial charge in [-0.1, -0.05) is 30.3 Å². The number of nitrogens with one attached hydrogen (secondary N) is 1. The zero-order valence-corrected chi connectivity index (χ0v) is 9.66. The van der Waals surface area contributed by atoms with Gasteiger partial charge in [0.2, 0.25) is 0 Å². The molecule has 1 aliphatic heterocycles. The maximum Gasteiger partial charge on any atom is 0.0927 e. The Morgan fingerprint density at radius 3 is 2.53 bits per heavy atom. The van der Waals surface area contributed by atoms with E-state index in [1.807, 2.05) is 30.3 Å². The molecule has 0 spiro atoms. The summed E-state index contributed by atoms with van der Waals surface area (Å²) in [5, 5.41) is 31.9. The van der Waals surface area contributed by atoms with Crippen molar-refractivity contribution in [2.45, 2.75) is 24.7 Å². The summed E-state index contributed by atoms with van der Waals surface area (Å²) in [6.07, 6.45) is -0.898. The fourth-order valence-corrected chi connectivity index (χ4v) is 2.39. The number of aliphatic hydroxyl groups is 3. The van der Waals surface area contributed by atoms with E-state index in [2.05, 4.69) is 5.32 Å². The van der Waals surface area contributed by atoms with Gasteiger partial charge in [0.15, 0.2) is 0 Å². The normalized spacial score (nSPS) is 33.6. The van der Waals surface area contributed by atoms with Crippen molar-refractivity contribution in [3.8, 4) is 0 Å². The molecule has 1 aliphatic rings. The van der Waals surface area contributed by atoms with Gasteiger partial charge in [-0.15, -0.1) is 0 Å². The Labute approximate surface area is 101 Å². The smallest absolute Gasteiger partial charge is 0.0927 e. The first-order valence-corrected chi connectivity index (χ1v) is 5.96. The molecule has 0 amide bonds. The lowest BCUT2D eigenvalue weighted by molar-refractivity contribution is -0.0664. The molecule has 0 aliphatic carbocycles. The van der Waals surface area contributed by atoms with Crippen LogP contribution in [0.5, 0.6) is 0 Å². The van der Waals surface area contributed by atoms with Crippen LogP contribution >= 0.6 is 0 Å². The van der Waals surface area contributed by atoms with Gasteiger partial charge in [-0.3, -0.25) is 0 Å². The van der Waals surface area contributed by atoms with Crippen molar-refractivity contribution in [3.63, 3.8) is 0 Å². The van der Waals surface area contributed by atoms with E-state index < -0.39 is 12.2 Å². The first kappa shape index (κ1) is 12.5. The lowest BCUT2D eigenvalue weighted by Gasteiger charge is -2.38. The minimum absolute atomic E-state index is 0.000741. The fraction of sp³-hybridized carbons (Fsp3) is 0.538. The van der Waals surface area contributed by atoms with Crippen LogP contribution in [0.2, 0.25) is 0 Å². The van der Waals surface area contributed by atoms with Gasteiger partial charge in [0.25, 0.3) is 0 Å². The molecule has 0 saturated carbocycles. The molecule has 4 atom stereocenters. The third kappa shape index (κ3) is 2.84. The van der Waals surface area contributed by atoms with Crippen LogP contribution in [-0.2, 0) is 6.42 Å². The molecule has 4 N–H and O–H groups in total. The van der Waals surface area contributed by atoms with Crippen LogP contribution in [0.3, 0.4) is 0 Å². The highest BCUT2D eigenvalue weighted by Gasteiger charge is 2.36. The zero-order valence-electron chi connectivity index (χ0n) is 9.66. The summed E-state index contributed by atoms with van der Waals surface area (Å²) in [7, 11) is 0. The van der Waals surface area contributed by atoms with Gasteiger partial charge in [0.1, 0.15) is 0 Å². The summed E-state index contributed by atoms with van der Waals surface area (Å²) in [6.45, 7) is 0.248. The molecule has 1 saturated heterocycles. The van der Waals surface area contributed by atoms with Gasteiger partial charge in [-0.25, -0.2) is 0 Å². The molecule has 2 rings (SSSR count). The summed E-state index contributed by atoms with van der Waals surface area (Å²) in [5.74, 6) is -0.320. The molecule has 94 valence electrons. The van der Waals surface area contributed by atoms with Gasteiger partial charge in [-0.2, -0.15) is 0 Å². The van der Waals surface area contributed by atoms with E-state index in [0.29, 0.717) is 6.54 Å². The van der Waals surface area contributed by atoms with Gasteiger partial charge in [-0.05, 0) is 12.0 Å². The number of piperidine rings is 1. The number of hydrogen-bond acceptors (Lipinski definition) is 4. The quantitative estimate of drug-likeness (QED) is 0.573. The van der Waals surface area contributed by atoms with Gasteiger partial charge in [0, 0.05) is 25.1 Å². The molecule has 0 aromatic heterocycles. The second-order valence-electron chi connectivity index (χ2n) is 4.61. The Bertz CT molecular complexity index is 344. The van der Waals surface area contributed by atoms with E-state index in [4.69, 9.17) is 0 Å². The molecule has 2 unspecified atom stereocenters. The minimum Gasteiger partial charge on any atom is -0.396 e. The lowest BCUT2D eigenvalue weighted by Crippen LogP contribution is -2.58. The average molecular weight is 237 g/mol. The largest absolute Gasteiger partial charge is 0.396 e. The molecule has 1 heterocycles. The van der Waals surface area contributed by atoms with Crippen molar-refractivity contribution in [1.82, 2.24) is 5.32 Å². The Hall–Kier alpha value is -0.940. The second kappa shape index (κ2) is 5.60. The average Bonchev–Trinajstić information content (AvgIpc) is 2.36. The van der Waals surface area contributed by atoms with Gasteiger partial charge >= 0.3 is 0 Å². The summed E-state index contributed by atoms with van der Waals surface area (Å²) >= 11 is 0. The second-order valence-corrected chi connectivity index (χ2v) is 4.61. The summed E-state index contributed by atoms with van der Waals surface area (Å²) in [6, 6.07) is 9.94. The molecule has 0 bridgehead atoms. The molecule has 1 fully saturated rings. The van der Waals surface area contributed by atoms with E-state index in [1.54, 1.807) is 0 Å². The Morgan fingerprint density at radius 1 is 1.18 bits per heavy atom. The molecule has 4 heteroatoms. The predicted octanol–water partition coefficient (Wildman–Crippen LogP) is -0.469. The summed E-state index contributed by atoms with van der Waals surface area (Å²) in [5.41, 5.74) is 1.16. The highest BCUT2D eigenvalue weighted by atomic mass is 16.3. The standard InChI is InChI=1S/C13H19NO3/c15-8-10-11(14-7-12(16)13(10)17)6-9-4-2-1-3-5-9/h1-5,10-17H,6-8H2/t10?,11?,12-,13-/m1/s1. The number of benzene rings is 1. The van der Waals surface area contributed by atoms with Crippen LogP contribution in [0.25, 0.3) is 0 Å². The highest BCUT2D eigenvalue weighted by molar-refractivity contribution is 5.16. The minimum atomic E-state index is -0.852. The maximum absolute atomic E-state index is 9.84. The fourth-order valence-electron chi connectivity index (χ4n) is 2.39. The summed E-state index contributed by atoms with van der Waals surface area (Å²) < 4.78 is 0. The molecule has 4 nitrogen and oxygen atoms in total. The number of hydrogen-bond donors (Lipinski definition) is 4. The van der Waals surface area contributed by atoms with Gasteiger partial charge in [0.05, 0.1) is 12.2 Å². The first-order chi connectivity index (χ1) is 8.22. The number of rotatable bonds is 3. The topological polar surface area (TPSA) is 72.7 Å². The van der Waals surface area contributed by atoms with Crippen molar-refractivity contribution >= 4 is 0 Å². The van der Waals surface area contributed by atoms with Crippen molar-refractivity contribution in [2.75, 3.05) is 13.2 Å². The maximum atomic E-state index is 9.84. The monoisotopic (exact) mass is 237 g/mol. The Kier molecular flexibility index (Phi) is 4.12. The highest BCUT2D eigenvalue weighted by Crippen LogP contribution is 2.20. The van der Waals surface area contributed by atoms with Crippen LogP contribution in [0, 0.1) is 5.92 Å². The number of aliphatic hydroxyl groups excluding tert-OH is 3. The Balaban J connectivity index is 2.05. The van der Waals surface area contributed by atoms with Crippen LogP contribution in [0.4, 0.5) is 0 Å². The molecule has 1 aromatic carbocycles. The van der Waals surface area contributed by atoms with Gasteiger partial charge < -0.3 is 20.6 Å². The SMILES string of the molecule is OCC1C(Cc2ccccc2)NC[C@@H](O)[C@@H]1O. The van der Waals surface area contributed by atoms with E-state index in [9.17, 15) is 15.3 Å². The molecule has 17 heavy (non-hydrogen) atoms. The van der Waals surface area contributed by atoms with E-state index in [0.717, 1.165) is 12.0 Å². The predicted molar refractivity (Wildman–Crippen MR) is 64.5 cm³/mol. The zero-order chi connectivity index (χ0) is 12.3. The van der Waals surface area contributed by atoms with Crippen molar-refractivity contribution in [1.29, 1.82) is 0 Å². The molecular formula is C13H19NO3. The van der Waals surface area contributed by atoms with Crippen LogP contribution in [0.1, 0.15) is 5.56 Å². The molecular weight excluding hydrogens is 218 g/mol. The summed E-state index contributed by atoms with van der Waals surface area (Å²) in [4.78, 5) is 0. The van der Waals surface area contributed by atoms with Crippen molar-refractivity contribution in [3.05, 3.63) is 35.9 Å². The molecule has 1 aromatic rings. The van der Waals surface area contributed by atoms with Crippen LogP contribution in [0.15, 0.2) is 30.3 Å². The van der Waals surface area contributed by atoms with Crippen LogP contribution < -0.4 is 5.32 Å².